The first-order valence-corrected chi connectivity index (χ1v) is 11.4. The lowest BCUT2D eigenvalue weighted by Crippen LogP contribution is -2.35. The molecule has 0 atom stereocenters. The third kappa shape index (κ3) is 4.68. The summed E-state index contributed by atoms with van der Waals surface area (Å²) in [6.45, 7) is 0. The molecule has 1 heterocycles. The molecule has 1 aliphatic rings. The number of carbonyl (C=O) groups is 2. The third-order valence-electron chi connectivity index (χ3n) is 4.94. The van der Waals surface area contributed by atoms with Gasteiger partial charge in [0.15, 0.2) is 16.4 Å². The number of nitro groups is 1. The topological polar surface area (TPSA) is 145 Å². The summed E-state index contributed by atoms with van der Waals surface area (Å²) < 4.78 is 35.8. The van der Waals surface area contributed by atoms with E-state index in [-0.39, 0.29) is 17.1 Å². The van der Waals surface area contributed by atoms with E-state index in [0.717, 1.165) is 17.1 Å². The highest BCUT2D eigenvalue weighted by atomic mass is 32.2. The fourth-order valence-electron chi connectivity index (χ4n) is 3.31. The first-order valence-electron chi connectivity index (χ1n) is 9.99. The Morgan fingerprint density at radius 1 is 0.971 bits per heavy atom. The molecule has 4 rings (SSSR count). The molecular weight excluding hydrogens is 478 g/mol. The number of benzene rings is 3. The van der Waals surface area contributed by atoms with Gasteiger partial charge in [-0.2, -0.15) is 8.42 Å². The van der Waals surface area contributed by atoms with Gasteiger partial charge in [0.2, 0.25) is 0 Å². The molecule has 0 bridgehead atoms. The number of methoxy groups -OCH3 is 1. The van der Waals surface area contributed by atoms with Crippen molar-refractivity contribution < 1.29 is 31.9 Å². The minimum absolute atomic E-state index is 0.0349. The average molecular weight is 495 g/mol. The van der Waals surface area contributed by atoms with Crippen molar-refractivity contribution in [2.45, 2.75) is 4.90 Å². The van der Waals surface area contributed by atoms with Gasteiger partial charge in [-0.3, -0.25) is 25.1 Å². The summed E-state index contributed by atoms with van der Waals surface area (Å²) >= 11 is 0. The van der Waals surface area contributed by atoms with Gasteiger partial charge in [-0.25, -0.2) is 5.01 Å². The number of nitro benzene ring substituents is 1. The number of hydrogen-bond donors (Lipinski definition) is 1. The third-order valence-corrected chi connectivity index (χ3v) is 6.22. The molecule has 3 aromatic carbocycles. The highest BCUT2D eigenvalue weighted by Crippen LogP contribution is 2.34. The summed E-state index contributed by atoms with van der Waals surface area (Å²) in [6, 6.07) is 17.3. The van der Waals surface area contributed by atoms with E-state index < -0.39 is 37.4 Å². The normalized spacial score (nSPS) is 14.7. The van der Waals surface area contributed by atoms with E-state index in [1.54, 1.807) is 30.3 Å². The van der Waals surface area contributed by atoms with Gasteiger partial charge in [0.05, 0.1) is 17.7 Å². The van der Waals surface area contributed by atoms with Gasteiger partial charge < -0.3 is 8.92 Å². The summed E-state index contributed by atoms with van der Waals surface area (Å²) in [6.07, 6.45) is 1.32. The number of hydrogen-bond acceptors (Lipinski definition) is 8. The monoisotopic (exact) mass is 495 g/mol. The summed E-state index contributed by atoms with van der Waals surface area (Å²) in [5.41, 5.74) is 2.54. The molecule has 0 radical (unpaired) electrons. The molecule has 178 valence electrons. The molecule has 1 N–H and O–H groups in total. The second kappa shape index (κ2) is 9.27. The number of nitrogens with one attached hydrogen (secondary N) is 1. The molecule has 3 aromatic rings. The van der Waals surface area contributed by atoms with E-state index in [1.165, 1.54) is 43.5 Å². The molecule has 1 saturated heterocycles. The van der Waals surface area contributed by atoms with Crippen molar-refractivity contribution in [2.75, 3.05) is 12.1 Å². The Bertz CT molecular complexity index is 1470. The minimum Gasteiger partial charge on any atom is -0.493 e. The zero-order valence-electron chi connectivity index (χ0n) is 18.1. The summed E-state index contributed by atoms with van der Waals surface area (Å²) in [5.74, 6) is -1.45. The smallest absolute Gasteiger partial charge is 0.346 e. The fraction of sp³-hybridized carbons (Fsp3) is 0.0435. The van der Waals surface area contributed by atoms with Gasteiger partial charge in [0.1, 0.15) is 5.57 Å². The number of ether oxygens (including phenoxy) is 1. The van der Waals surface area contributed by atoms with Crippen LogP contribution in [0.3, 0.4) is 0 Å². The molecule has 35 heavy (non-hydrogen) atoms. The van der Waals surface area contributed by atoms with Crippen molar-refractivity contribution in [2.24, 2.45) is 0 Å². The Morgan fingerprint density at radius 3 is 2.34 bits per heavy atom. The van der Waals surface area contributed by atoms with Crippen molar-refractivity contribution in [3.05, 3.63) is 94.0 Å². The van der Waals surface area contributed by atoms with Crippen LogP contribution in [0.4, 0.5) is 11.4 Å². The lowest BCUT2D eigenvalue weighted by atomic mass is 10.1. The number of hydrazine groups is 1. The maximum atomic E-state index is 12.8. The van der Waals surface area contributed by atoms with Gasteiger partial charge in [0.25, 0.3) is 17.5 Å². The SMILES string of the molecule is COc1cc(C=C2C(=O)NN(c3ccccc3)C2=O)ccc1OS(=O)(=O)c1ccccc1[N+](=O)[O-]. The summed E-state index contributed by atoms with van der Waals surface area (Å²) in [4.78, 5) is 34.9. The maximum absolute atomic E-state index is 12.8. The molecule has 12 heteroatoms. The summed E-state index contributed by atoms with van der Waals surface area (Å²) in [5, 5.41) is 12.3. The van der Waals surface area contributed by atoms with Crippen molar-refractivity contribution in [1.29, 1.82) is 0 Å². The van der Waals surface area contributed by atoms with Gasteiger partial charge >= 0.3 is 10.1 Å². The number of anilines is 1. The number of rotatable bonds is 7. The Morgan fingerprint density at radius 2 is 1.66 bits per heavy atom. The quantitative estimate of drug-likeness (QED) is 0.173. The predicted molar refractivity (Wildman–Crippen MR) is 124 cm³/mol. The van der Waals surface area contributed by atoms with Gasteiger partial charge in [-0.1, -0.05) is 36.4 Å². The Kier molecular flexibility index (Phi) is 6.21. The van der Waals surface area contributed by atoms with Crippen molar-refractivity contribution in [3.63, 3.8) is 0 Å². The Balaban J connectivity index is 1.63. The second-order valence-electron chi connectivity index (χ2n) is 7.15. The van der Waals surface area contributed by atoms with Crippen LogP contribution in [0.1, 0.15) is 5.56 Å². The number of nitrogens with zero attached hydrogens (tertiary/aromatic N) is 2. The maximum Gasteiger partial charge on any atom is 0.346 e. The van der Waals surface area contributed by atoms with Crippen molar-refractivity contribution in [3.8, 4) is 11.5 Å². The van der Waals surface area contributed by atoms with E-state index in [9.17, 15) is 28.1 Å². The first kappa shape index (κ1) is 23.4. The number of carbonyl (C=O) groups excluding carboxylic acids is 2. The van der Waals surface area contributed by atoms with E-state index >= 15 is 0 Å². The number of amides is 2. The molecule has 1 fully saturated rings. The lowest BCUT2D eigenvalue weighted by molar-refractivity contribution is -0.387. The molecule has 0 spiro atoms. The summed E-state index contributed by atoms with van der Waals surface area (Å²) in [7, 11) is -3.31. The molecule has 0 saturated carbocycles. The van der Waals surface area contributed by atoms with Crippen molar-refractivity contribution in [1.82, 2.24) is 5.43 Å². The van der Waals surface area contributed by atoms with Crippen LogP contribution < -0.4 is 19.4 Å². The predicted octanol–water partition coefficient (Wildman–Crippen LogP) is 2.83. The van der Waals surface area contributed by atoms with E-state index in [1.807, 2.05) is 0 Å². The largest absolute Gasteiger partial charge is 0.493 e. The molecule has 0 aromatic heterocycles. The fourth-order valence-corrected chi connectivity index (χ4v) is 4.42. The molecule has 1 aliphatic heterocycles. The molecule has 0 unspecified atom stereocenters. The van der Waals surface area contributed by atoms with Gasteiger partial charge in [0, 0.05) is 6.07 Å². The van der Waals surface area contributed by atoms with Crippen LogP contribution in [0.2, 0.25) is 0 Å². The zero-order chi connectivity index (χ0) is 25.2. The minimum atomic E-state index is -4.57. The Labute approximate surface area is 199 Å². The van der Waals surface area contributed by atoms with Crippen LogP contribution in [-0.2, 0) is 19.7 Å². The van der Waals surface area contributed by atoms with Gasteiger partial charge in [-0.05, 0) is 42.0 Å². The molecule has 0 aliphatic carbocycles. The van der Waals surface area contributed by atoms with E-state index in [0.29, 0.717) is 11.3 Å². The van der Waals surface area contributed by atoms with Crippen molar-refractivity contribution >= 4 is 39.4 Å². The molecule has 11 nitrogen and oxygen atoms in total. The average Bonchev–Trinajstić information content (AvgIpc) is 3.13. The standard InChI is InChI=1S/C23H17N3O8S/c1-33-20-14-15(13-17-22(27)24-25(23(17)28)16-7-3-2-4-8-16)11-12-19(20)34-35(31,32)21-10-6-5-9-18(21)26(29)30/h2-14H,1H3,(H,24,27). The Hall–Kier alpha value is -4.71. The van der Waals surface area contributed by atoms with E-state index in [2.05, 4.69) is 5.43 Å². The molecule has 2 amide bonds. The highest BCUT2D eigenvalue weighted by Gasteiger charge is 2.34. The van der Waals surface area contributed by atoms with Crippen LogP contribution in [0.25, 0.3) is 6.08 Å². The van der Waals surface area contributed by atoms with Crippen LogP contribution >= 0.6 is 0 Å². The van der Waals surface area contributed by atoms with Crippen LogP contribution in [0.15, 0.2) is 83.3 Å². The van der Waals surface area contributed by atoms with Crippen LogP contribution in [0.5, 0.6) is 11.5 Å². The zero-order valence-corrected chi connectivity index (χ0v) is 18.9. The first-order chi connectivity index (χ1) is 16.7. The second-order valence-corrected chi connectivity index (χ2v) is 8.66. The molecular formula is C23H17N3O8S. The van der Waals surface area contributed by atoms with Crippen LogP contribution in [0, 0.1) is 10.1 Å². The van der Waals surface area contributed by atoms with Crippen LogP contribution in [-0.4, -0.2) is 32.3 Å². The number of para-hydroxylation sites is 2. The van der Waals surface area contributed by atoms with E-state index in [4.69, 9.17) is 8.92 Å². The highest BCUT2D eigenvalue weighted by molar-refractivity contribution is 7.87. The lowest BCUT2D eigenvalue weighted by Gasteiger charge is -2.14. The van der Waals surface area contributed by atoms with Gasteiger partial charge in [-0.15, -0.1) is 0 Å².